The van der Waals surface area contributed by atoms with E-state index in [9.17, 15) is 4.79 Å². The van der Waals surface area contributed by atoms with Gasteiger partial charge in [-0.25, -0.2) is 0 Å². The number of fused-ring (bicyclic) bond motifs is 1. The van der Waals surface area contributed by atoms with Gasteiger partial charge in [0.05, 0.1) is 11.2 Å². The van der Waals surface area contributed by atoms with Crippen molar-refractivity contribution in [2.75, 3.05) is 6.54 Å². The number of aromatic nitrogens is 2. The van der Waals surface area contributed by atoms with Crippen molar-refractivity contribution in [3.8, 4) is 0 Å². The molecule has 0 bridgehead atoms. The van der Waals surface area contributed by atoms with E-state index in [1.165, 1.54) is 12.8 Å². The van der Waals surface area contributed by atoms with Crippen molar-refractivity contribution in [1.82, 2.24) is 20.2 Å². The average Bonchev–Trinajstić information content (AvgIpc) is 2.70. The highest BCUT2D eigenvalue weighted by Gasteiger charge is 2.41. The van der Waals surface area contributed by atoms with Crippen LogP contribution in [0.2, 0.25) is 0 Å². The number of hydrogen-bond acceptors (Lipinski definition) is 4. The van der Waals surface area contributed by atoms with E-state index in [-0.39, 0.29) is 11.4 Å². The Balaban J connectivity index is 1.83. The van der Waals surface area contributed by atoms with Gasteiger partial charge in [-0.3, -0.25) is 19.7 Å². The Morgan fingerprint density at radius 1 is 1.38 bits per heavy atom. The summed E-state index contributed by atoms with van der Waals surface area (Å²) in [5.41, 5.74) is 0.907. The molecule has 0 radical (unpaired) electrons. The summed E-state index contributed by atoms with van der Waals surface area (Å²) in [5.74, 6) is 0.210. The van der Waals surface area contributed by atoms with E-state index < -0.39 is 0 Å². The van der Waals surface area contributed by atoms with Crippen molar-refractivity contribution in [2.45, 2.75) is 63.6 Å². The molecule has 5 heteroatoms. The first-order chi connectivity index (χ1) is 10.2. The van der Waals surface area contributed by atoms with Gasteiger partial charge in [0.2, 0.25) is 5.91 Å². The Morgan fingerprint density at radius 2 is 2.29 bits per heavy atom. The third kappa shape index (κ3) is 3.23. The first-order valence-electron chi connectivity index (χ1n) is 7.97. The topological polar surface area (TPSA) is 58.1 Å². The smallest absolute Gasteiger partial charge is 0.220 e. The number of carbonyl (C=O) groups is 1. The molecule has 1 aromatic rings. The largest absolute Gasteiger partial charge is 0.349 e. The lowest BCUT2D eigenvalue weighted by atomic mass is 9.85. The van der Waals surface area contributed by atoms with Crippen LogP contribution < -0.4 is 5.32 Å². The van der Waals surface area contributed by atoms with Gasteiger partial charge in [-0.05, 0) is 45.6 Å². The molecule has 2 saturated heterocycles. The number of nitrogens with zero attached hydrogens (tertiary/aromatic N) is 3. The fourth-order valence-electron chi connectivity index (χ4n) is 3.83. The first-order valence-corrected chi connectivity index (χ1v) is 7.97. The summed E-state index contributed by atoms with van der Waals surface area (Å²) in [6.07, 6.45) is 11.4. The van der Waals surface area contributed by atoms with E-state index >= 15 is 0 Å². The average molecular weight is 288 g/mol. The van der Waals surface area contributed by atoms with Crippen LogP contribution in [0.15, 0.2) is 18.6 Å². The van der Waals surface area contributed by atoms with Crippen LogP contribution >= 0.6 is 0 Å². The van der Waals surface area contributed by atoms with Gasteiger partial charge in [-0.2, -0.15) is 0 Å². The van der Waals surface area contributed by atoms with Gasteiger partial charge >= 0.3 is 0 Å². The van der Waals surface area contributed by atoms with E-state index in [4.69, 9.17) is 0 Å². The monoisotopic (exact) mass is 288 g/mol. The Bertz CT molecular complexity index is 492. The van der Waals surface area contributed by atoms with Crippen molar-refractivity contribution in [2.24, 2.45) is 0 Å². The molecule has 2 fully saturated rings. The zero-order valence-electron chi connectivity index (χ0n) is 12.7. The second-order valence-corrected chi connectivity index (χ2v) is 6.50. The molecule has 114 valence electrons. The number of hydrogen-bond donors (Lipinski definition) is 1. The maximum Gasteiger partial charge on any atom is 0.220 e. The predicted octanol–water partition coefficient (Wildman–Crippen LogP) is 1.89. The molecule has 1 amide bonds. The lowest BCUT2D eigenvalue weighted by Gasteiger charge is -2.41. The molecule has 5 nitrogen and oxygen atoms in total. The standard InChI is InChI=1S/C16H24N4O/c1-16-7-2-3-10-20(12-13-11-17-8-9-18-13)14(16)5-4-6-15(21)19-16/h8-9,11,14H,2-7,10,12H2,1H3,(H,19,21)/t14-,16-/m0/s1. The van der Waals surface area contributed by atoms with Crippen LogP contribution in [0.25, 0.3) is 0 Å². The second kappa shape index (κ2) is 6.10. The molecule has 3 heterocycles. The lowest BCUT2D eigenvalue weighted by molar-refractivity contribution is -0.122. The molecule has 0 unspecified atom stereocenters. The van der Waals surface area contributed by atoms with Crippen LogP contribution in [-0.4, -0.2) is 38.9 Å². The summed E-state index contributed by atoms with van der Waals surface area (Å²) in [7, 11) is 0. The van der Waals surface area contributed by atoms with E-state index in [1.54, 1.807) is 12.4 Å². The van der Waals surface area contributed by atoms with Crippen LogP contribution in [0.5, 0.6) is 0 Å². The fraction of sp³-hybridized carbons (Fsp3) is 0.688. The number of amides is 1. The first kappa shape index (κ1) is 14.4. The van der Waals surface area contributed by atoms with Crippen molar-refractivity contribution in [3.05, 3.63) is 24.3 Å². The minimum Gasteiger partial charge on any atom is -0.349 e. The molecular weight excluding hydrogens is 264 g/mol. The predicted molar refractivity (Wildman–Crippen MR) is 80.5 cm³/mol. The summed E-state index contributed by atoms with van der Waals surface area (Å²) in [6.45, 7) is 4.12. The number of carbonyl (C=O) groups excluding carboxylic acids is 1. The van der Waals surface area contributed by atoms with Crippen molar-refractivity contribution >= 4 is 5.91 Å². The van der Waals surface area contributed by atoms with Crippen LogP contribution in [-0.2, 0) is 11.3 Å². The summed E-state index contributed by atoms with van der Waals surface area (Å²) < 4.78 is 0. The summed E-state index contributed by atoms with van der Waals surface area (Å²) in [5, 5.41) is 3.30. The molecule has 2 aliphatic rings. The molecular formula is C16H24N4O. The van der Waals surface area contributed by atoms with Crippen LogP contribution in [0.3, 0.4) is 0 Å². The van der Waals surface area contributed by atoms with Gasteiger partial charge in [0.15, 0.2) is 0 Å². The number of nitrogens with one attached hydrogen (secondary N) is 1. The third-order valence-electron chi connectivity index (χ3n) is 4.86. The normalized spacial score (nSPS) is 30.9. The van der Waals surface area contributed by atoms with E-state index in [0.29, 0.717) is 12.5 Å². The number of rotatable bonds is 2. The zero-order valence-corrected chi connectivity index (χ0v) is 12.7. The summed E-state index contributed by atoms with van der Waals surface area (Å²) >= 11 is 0. The van der Waals surface area contributed by atoms with Crippen molar-refractivity contribution < 1.29 is 4.79 Å². The van der Waals surface area contributed by atoms with Gasteiger partial charge in [-0.15, -0.1) is 0 Å². The minimum absolute atomic E-state index is 0.105. The molecule has 0 saturated carbocycles. The van der Waals surface area contributed by atoms with E-state index in [1.807, 2.05) is 6.20 Å². The van der Waals surface area contributed by atoms with Gasteiger partial charge < -0.3 is 5.32 Å². The maximum atomic E-state index is 12.0. The van der Waals surface area contributed by atoms with Gasteiger partial charge in [0, 0.05) is 37.6 Å². The number of likely N-dealkylation sites (tertiary alicyclic amines) is 1. The maximum absolute atomic E-state index is 12.0. The highest BCUT2D eigenvalue weighted by Crippen LogP contribution is 2.33. The quantitative estimate of drug-likeness (QED) is 0.903. The van der Waals surface area contributed by atoms with Crippen LogP contribution in [0, 0.1) is 0 Å². The minimum atomic E-state index is -0.105. The van der Waals surface area contributed by atoms with Gasteiger partial charge in [0.25, 0.3) is 0 Å². The van der Waals surface area contributed by atoms with Gasteiger partial charge in [-0.1, -0.05) is 0 Å². The van der Waals surface area contributed by atoms with Crippen molar-refractivity contribution in [1.29, 1.82) is 0 Å². The SMILES string of the molecule is C[C@]12CCCCN(Cc3cnccn3)[C@H]1CCCC(=O)N2. The molecule has 21 heavy (non-hydrogen) atoms. The molecule has 0 spiro atoms. The Morgan fingerprint density at radius 3 is 3.10 bits per heavy atom. The molecule has 3 rings (SSSR count). The zero-order chi connectivity index (χ0) is 14.7. The molecule has 2 atom stereocenters. The Hall–Kier alpha value is -1.49. The lowest BCUT2D eigenvalue weighted by Crippen LogP contribution is -2.58. The van der Waals surface area contributed by atoms with Crippen LogP contribution in [0.1, 0.15) is 51.1 Å². The third-order valence-corrected chi connectivity index (χ3v) is 4.86. The van der Waals surface area contributed by atoms with E-state index in [2.05, 4.69) is 27.1 Å². The fourth-order valence-corrected chi connectivity index (χ4v) is 3.83. The molecule has 2 aliphatic heterocycles. The van der Waals surface area contributed by atoms with E-state index in [0.717, 1.165) is 38.0 Å². The Labute approximate surface area is 126 Å². The highest BCUT2D eigenvalue weighted by atomic mass is 16.1. The molecule has 0 aliphatic carbocycles. The molecule has 1 aromatic heterocycles. The Kier molecular flexibility index (Phi) is 4.19. The van der Waals surface area contributed by atoms with Crippen molar-refractivity contribution in [3.63, 3.8) is 0 Å². The highest BCUT2D eigenvalue weighted by molar-refractivity contribution is 5.77. The summed E-state index contributed by atoms with van der Waals surface area (Å²) in [6, 6.07) is 0.397. The molecule has 1 N–H and O–H groups in total. The summed E-state index contributed by atoms with van der Waals surface area (Å²) in [4.78, 5) is 23.0. The second-order valence-electron chi connectivity index (χ2n) is 6.50. The van der Waals surface area contributed by atoms with Gasteiger partial charge in [0.1, 0.15) is 0 Å². The van der Waals surface area contributed by atoms with Crippen LogP contribution in [0.4, 0.5) is 0 Å². The molecule has 0 aromatic carbocycles.